The van der Waals surface area contributed by atoms with Crippen LogP contribution in [-0.2, 0) is 19.6 Å². The Balaban J connectivity index is 1.51. The maximum absolute atomic E-state index is 12.8. The van der Waals surface area contributed by atoms with Gasteiger partial charge in [-0.25, -0.2) is 18.6 Å². The summed E-state index contributed by atoms with van der Waals surface area (Å²) in [6.07, 6.45) is 3.40. The van der Waals surface area contributed by atoms with Gasteiger partial charge in [-0.2, -0.15) is 16.9 Å². The second kappa shape index (κ2) is 13.5. The van der Waals surface area contributed by atoms with E-state index >= 15 is 0 Å². The number of nitrogens with zero attached hydrogens (tertiary/aromatic N) is 2. The standard InChI is InChI=1S/C26H27N3O6S2/c1-29(37(32,33)24-6-4-3-5-7-24)22-12-10-21(11-13-22)26(31)28-27-18-20-8-14-23(15-9-20)35-19-25(30)34-16-17-36-2/h3-15,18H,16-17,19H2,1-2H3,(H,28,31)/b27-18-. The Labute approximate surface area is 220 Å². The van der Waals surface area contributed by atoms with Crippen LogP contribution in [0.25, 0.3) is 0 Å². The fourth-order valence-electron chi connectivity index (χ4n) is 3.01. The lowest BCUT2D eigenvalue weighted by Gasteiger charge is -2.19. The molecule has 0 unspecified atom stereocenters. The summed E-state index contributed by atoms with van der Waals surface area (Å²) in [4.78, 5) is 24.2. The molecule has 194 valence electrons. The summed E-state index contributed by atoms with van der Waals surface area (Å²) in [5.74, 6) is 0.358. The van der Waals surface area contributed by atoms with Gasteiger partial charge in [0.15, 0.2) is 6.61 Å². The molecule has 3 aromatic carbocycles. The third kappa shape index (κ3) is 8.09. The average molecular weight is 542 g/mol. The minimum Gasteiger partial charge on any atom is -0.482 e. The highest BCUT2D eigenvalue weighted by Gasteiger charge is 2.21. The van der Waals surface area contributed by atoms with Crippen molar-refractivity contribution in [3.8, 4) is 5.75 Å². The quantitative estimate of drug-likeness (QED) is 0.161. The molecule has 0 aliphatic carbocycles. The van der Waals surface area contributed by atoms with Crippen LogP contribution in [0.1, 0.15) is 15.9 Å². The minimum absolute atomic E-state index is 0.176. The first kappa shape index (κ1) is 27.8. The number of sulfonamides is 1. The van der Waals surface area contributed by atoms with Crippen LogP contribution in [0.3, 0.4) is 0 Å². The van der Waals surface area contributed by atoms with E-state index < -0.39 is 21.9 Å². The molecule has 0 heterocycles. The van der Waals surface area contributed by atoms with E-state index in [0.29, 0.717) is 29.2 Å². The van der Waals surface area contributed by atoms with Crippen LogP contribution in [0.5, 0.6) is 5.75 Å². The number of amides is 1. The van der Waals surface area contributed by atoms with Crippen LogP contribution in [0.15, 0.2) is 88.9 Å². The van der Waals surface area contributed by atoms with E-state index in [-0.39, 0.29) is 11.5 Å². The summed E-state index contributed by atoms with van der Waals surface area (Å²) in [6.45, 7) is 0.173. The Morgan fingerprint density at radius 3 is 2.32 bits per heavy atom. The van der Waals surface area contributed by atoms with Crippen molar-refractivity contribution in [1.29, 1.82) is 0 Å². The molecule has 37 heavy (non-hydrogen) atoms. The number of carbonyl (C=O) groups is 2. The first-order chi connectivity index (χ1) is 17.8. The van der Waals surface area contributed by atoms with E-state index in [1.165, 1.54) is 37.5 Å². The zero-order chi connectivity index (χ0) is 26.7. The predicted molar refractivity (Wildman–Crippen MR) is 145 cm³/mol. The van der Waals surface area contributed by atoms with Crippen LogP contribution in [-0.4, -0.2) is 58.8 Å². The lowest BCUT2D eigenvalue weighted by atomic mass is 10.2. The highest BCUT2D eigenvalue weighted by molar-refractivity contribution is 7.98. The Morgan fingerprint density at radius 2 is 1.68 bits per heavy atom. The highest BCUT2D eigenvalue weighted by Crippen LogP contribution is 2.22. The van der Waals surface area contributed by atoms with Crippen molar-refractivity contribution < 1.29 is 27.5 Å². The zero-order valence-electron chi connectivity index (χ0n) is 20.4. The molecule has 9 nitrogen and oxygen atoms in total. The first-order valence-corrected chi connectivity index (χ1v) is 14.0. The maximum Gasteiger partial charge on any atom is 0.344 e. The molecule has 0 saturated heterocycles. The van der Waals surface area contributed by atoms with Crippen molar-refractivity contribution in [1.82, 2.24) is 5.43 Å². The third-order valence-electron chi connectivity index (χ3n) is 5.06. The van der Waals surface area contributed by atoms with E-state index in [1.54, 1.807) is 66.4 Å². The molecule has 0 radical (unpaired) electrons. The normalized spacial score (nSPS) is 11.2. The molecular weight excluding hydrogens is 514 g/mol. The van der Waals surface area contributed by atoms with Crippen LogP contribution < -0.4 is 14.5 Å². The van der Waals surface area contributed by atoms with E-state index in [0.717, 1.165) is 10.1 Å². The van der Waals surface area contributed by atoms with E-state index in [2.05, 4.69) is 10.5 Å². The molecule has 3 rings (SSSR count). The van der Waals surface area contributed by atoms with Gasteiger partial charge in [-0.05, 0) is 72.5 Å². The third-order valence-corrected chi connectivity index (χ3v) is 7.44. The van der Waals surface area contributed by atoms with Crippen LogP contribution in [0, 0.1) is 0 Å². The highest BCUT2D eigenvalue weighted by atomic mass is 32.2. The van der Waals surface area contributed by atoms with Crippen molar-refractivity contribution in [2.75, 3.05) is 36.6 Å². The number of carbonyl (C=O) groups excluding carboxylic acids is 2. The second-order valence-electron chi connectivity index (χ2n) is 7.60. The van der Waals surface area contributed by atoms with Gasteiger partial charge in [-0.1, -0.05) is 18.2 Å². The Bertz CT molecular complexity index is 1310. The number of benzene rings is 3. The molecule has 0 bridgehead atoms. The van der Waals surface area contributed by atoms with Gasteiger partial charge in [0.2, 0.25) is 0 Å². The first-order valence-electron chi connectivity index (χ1n) is 11.2. The summed E-state index contributed by atoms with van der Waals surface area (Å²) < 4.78 is 37.1. The molecule has 0 aliphatic rings. The smallest absolute Gasteiger partial charge is 0.344 e. The second-order valence-corrected chi connectivity index (χ2v) is 10.6. The number of rotatable bonds is 12. The van der Waals surface area contributed by atoms with Crippen LogP contribution in [0.2, 0.25) is 0 Å². The number of hydrazone groups is 1. The molecule has 0 aromatic heterocycles. The van der Waals surface area contributed by atoms with Crippen LogP contribution in [0.4, 0.5) is 5.69 Å². The number of nitrogens with one attached hydrogen (secondary N) is 1. The molecule has 11 heteroatoms. The predicted octanol–water partition coefficient (Wildman–Crippen LogP) is 3.56. The van der Waals surface area contributed by atoms with Gasteiger partial charge in [0.25, 0.3) is 15.9 Å². The molecular formula is C26H27N3O6S2. The molecule has 3 aromatic rings. The Kier molecular flexibility index (Phi) is 10.1. The topological polar surface area (TPSA) is 114 Å². The van der Waals surface area contributed by atoms with Gasteiger partial charge in [0, 0.05) is 18.4 Å². The SMILES string of the molecule is CSCCOC(=O)COc1ccc(/C=N\NC(=O)c2ccc(N(C)S(=O)(=O)c3ccccc3)cc2)cc1. The summed E-state index contributed by atoms with van der Waals surface area (Å²) >= 11 is 1.59. The fraction of sp³-hybridized carbons (Fsp3) is 0.192. The largest absolute Gasteiger partial charge is 0.482 e. The van der Waals surface area contributed by atoms with Crippen molar-refractivity contribution in [3.63, 3.8) is 0 Å². The number of thioether (sulfide) groups is 1. The monoisotopic (exact) mass is 541 g/mol. The number of ether oxygens (including phenoxy) is 2. The average Bonchev–Trinajstić information content (AvgIpc) is 2.93. The summed E-state index contributed by atoms with van der Waals surface area (Å²) in [6, 6.07) is 21.1. The van der Waals surface area contributed by atoms with E-state index in [1.807, 2.05) is 6.26 Å². The van der Waals surface area contributed by atoms with Crippen LogP contribution >= 0.6 is 11.8 Å². The molecule has 0 aliphatic heterocycles. The molecule has 1 N–H and O–H groups in total. The number of hydrogen-bond donors (Lipinski definition) is 1. The summed E-state index contributed by atoms with van der Waals surface area (Å²) in [7, 11) is -2.25. The van der Waals surface area contributed by atoms with Gasteiger partial charge in [0.1, 0.15) is 12.4 Å². The van der Waals surface area contributed by atoms with Gasteiger partial charge in [0.05, 0.1) is 16.8 Å². The van der Waals surface area contributed by atoms with E-state index in [4.69, 9.17) is 9.47 Å². The Morgan fingerprint density at radius 1 is 1.00 bits per heavy atom. The molecule has 0 saturated carbocycles. The van der Waals surface area contributed by atoms with Gasteiger partial charge < -0.3 is 9.47 Å². The van der Waals surface area contributed by atoms with Crippen molar-refractivity contribution >= 4 is 45.6 Å². The number of hydrogen-bond acceptors (Lipinski definition) is 8. The zero-order valence-corrected chi connectivity index (χ0v) is 22.0. The van der Waals surface area contributed by atoms with Gasteiger partial charge >= 0.3 is 5.97 Å². The summed E-state index contributed by atoms with van der Waals surface area (Å²) in [5.41, 5.74) is 3.88. The lowest BCUT2D eigenvalue weighted by Crippen LogP contribution is -2.26. The lowest BCUT2D eigenvalue weighted by molar-refractivity contribution is -0.145. The minimum atomic E-state index is -3.71. The summed E-state index contributed by atoms with van der Waals surface area (Å²) in [5, 5.41) is 3.95. The number of anilines is 1. The number of esters is 1. The molecule has 1 amide bonds. The van der Waals surface area contributed by atoms with Crippen molar-refractivity contribution in [2.45, 2.75) is 4.90 Å². The molecule has 0 fully saturated rings. The maximum atomic E-state index is 12.8. The van der Waals surface area contributed by atoms with Crippen molar-refractivity contribution in [3.05, 3.63) is 90.0 Å². The molecule has 0 spiro atoms. The van der Waals surface area contributed by atoms with Gasteiger partial charge in [-0.15, -0.1) is 0 Å². The van der Waals surface area contributed by atoms with Crippen molar-refractivity contribution in [2.24, 2.45) is 5.10 Å². The molecule has 0 atom stereocenters. The van der Waals surface area contributed by atoms with E-state index in [9.17, 15) is 18.0 Å². The fourth-order valence-corrected chi connectivity index (χ4v) is 4.48. The Hall–Kier alpha value is -3.83. The van der Waals surface area contributed by atoms with Gasteiger partial charge in [-0.3, -0.25) is 9.10 Å².